The molecule has 1 aromatic rings. The molecule has 0 radical (unpaired) electrons. The predicted octanol–water partition coefficient (Wildman–Crippen LogP) is 3.04. The van der Waals surface area contributed by atoms with Crippen LogP contribution in [0, 0.1) is 5.92 Å². The molecule has 2 atom stereocenters. The van der Waals surface area contributed by atoms with Crippen LogP contribution in [0.1, 0.15) is 31.2 Å². The number of rotatable bonds is 1. The number of hydrogen-bond donors (Lipinski definition) is 1. The van der Waals surface area contributed by atoms with Gasteiger partial charge in [0.25, 0.3) is 0 Å². The Bertz CT molecular complexity index is 491. The second-order valence-electron chi connectivity index (χ2n) is 6.67. The van der Waals surface area contributed by atoms with Gasteiger partial charge in [0.05, 0.1) is 20.6 Å². The normalized spacial score (nSPS) is 35.3. The Hall–Kier alpha value is -1.12. The first kappa shape index (κ1) is 12.9. The first-order chi connectivity index (χ1) is 9.02. The molecule has 0 spiro atoms. The molecule has 2 nitrogen and oxygen atoms in total. The maximum atomic E-state index is 11.2. The number of hydrogen-bond acceptors (Lipinski definition) is 1. The lowest BCUT2D eigenvalue weighted by Gasteiger charge is -2.33. The molecule has 1 saturated carbocycles. The van der Waals surface area contributed by atoms with Gasteiger partial charge in [-0.15, -0.1) is 0 Å². The molecule has 1 heterocycles. The minimum atomic E-state index is -0.572. The Morgan fingerprint density at radius 3 is 2.68 bits per heavy atom. The maximum absolute atomic E-state index is 11.2. The molecular weight excluding hydrogens is 234 g/mol. The predicted molar refractivity (Wildman–Crippen MR) is 78.3 cm³/mol. The number of aliphatic hydroxyl groups is 1. The van der Waals surface area contributed by atoms with Crippen molar-refractivity contribution in [2.75, 3.05) is 20.6 Å². The van der Waals surface area contributed by atoms with E-state index in [2.05, 4.69) is 44.4 Å². The number of benzene rings is 1. The molecular formula is C17H24NO+. The van der Waals surface area contributed by atoms with E-state index < -0.39 is 5.60 Å². The summed E-state index contributed by atoms with van der Waals surface area (Å²) in [7, 11) is 4.45. The Morgan fingerprint density at radius 1 is 1.21 bits per heavy atom. The van der Waals surface area contributed by atoms with E-state index in [0.717, 1.165) is 23.9 Å². The topological polar surface area (TPSA) is 20.2 Å². The molecule has 1 N–H and O–H groups in total. The van der Waals surface area contributed by atoms with E-state index in [1.165, 1.54) is 24.1 Å². The quantitative estimate of drug-likeness (QED) is 0.768. The summed E-state index contributed by atoms with van der Waals surface area (Å²) in [6, 6.07) is 10.4. The highest BCUT2D eigenvalue weighted by atomic mass is 16.3. The largest absolute Gasteiger partial charge is 0.379 e. The fourth-order valence-corrected chi connectivity index (χ4v) is 3.99. The van der Waals surface area contributed by atoms with Gasteiger partial charge in [-0.1, -0.05) is 36.8 Å². The van der Waals surface area contributed by atoms with Crippen LogP contribution in [0.5, 0.6) is 0 Å². The highest BCUT2D eigenvalue weighted by molar-refractivity contribution is 5.54. The monoisotopic (exact) mass is 258 g/mol. The third-order valence-electron chi connectivity index (χ3n) is 4.91. The number of likely N-dealkylation sites (N-methyl/N-ethyl adjacent to an activating group) is 1. The zero-order valence-electron chi connectivity index (χ0n) is 12.0. The van der Waals surface area contributed by atoms with Crippen molar-refractivity contribution in [3.05, 3.63) is 41.6 Å². The van der Waals surface area contributed by atoms with Crippen LogP contribution in [0.2, 0.25) is 0 Å². The zero-order valence-corrected chi connectivity index (χ0v) is 12.0. The molecule has 1 saturated heterocycles. The van der Waals surface area contributed by atoms with Gasteiger partial charge in [0.15, 0.2) is 0 Å². The molecule has 2 fully saturated rings. The third kappa shape index (κ3) is 2.13. The van der Waals surface area contributed by atoms with Gasteiger partial charge in [-0.2, -0.15) is 0 Å². The van der Waals surface area contributed by atoms with Crippen LogP contribution >= 0.6 is 0 Å². The van der Waals surface area contributed by atoms with E-state index in [1.807, 2.05) is 6.07 Å². The minimum Gasteiger partial charge on any atom is -0.379 e. The highest BCUT2D eigenvalue weighted by Crippen LogP contribution is 2.49. The summed E-state index contributed by atoms with van der Waals surface area (Å²) in [6.45, 7) is 1.06. The molecule has 1 aliphatic heterocycles. The molecule has 102 valence electrons. The second kappa shape index (κ2) is 4.46. The molecule has 19 heavy (non-hydrogen) atoms. The molecule has 1 aliphatic carbocycles. The van der Waals surface area contributed by atoms with Crippen molar-refractivity contribution in [1.29, 1.82) is 0 Å². The van der Waals surface area contributed by atoms with Gasteiger partial charge in [0.1, 0.15) is 11.3 Å². The van der Waals surface area contributed by atoms with Gasteiger partial charge in [-0.3, -0.25) is 4.48 Å². The van der Waals surface area contributed by atoms with Crippen LogP contribution < -0.4 is 0 Å². The average Bonchev–Trinajstić information content (AvgIpc) is 2.59. The summed E-state index contributed by atoms with van der Waals surface area (Å²) in [5.74, 6) is 0.436. The Balaban J connectivity index is 2.04. The van der Waals surface area contributed by atoms with Gasteiger partial charge >= 0.3 is 0 Å². The lowest BCUT2D eigenvalue weighted by atomic mass is 9.76. The van der Waals surface area contributed by atoms with Crippen molar-refractivity contribution in [3.63, 3.8) is 0 Å². The highest BCUT2D eigenvalue weighted by Gasteiger charge is 2.56. The summed E-state index contributed by atoms with van der Waals surface area (Å²) in [4.78, 5) is 0. The van der Waals surface area contributed by atoms with Crippen LogP contribution in [0.25, 0.3) is 6.08 Å². The first-order valence-electron chi connectivity index (χ1n) is 7.35. The zero-order chi connectivity index (χ0) is 13.5. The Labute approximate surface area is 116 Å². The standard InChI is InChI=1S/C17H24NO/c1-18(2)13-15-10-6-7-11-17(15,19)16(18)12-14-8-4-3-5-9-14/h3-5,8-9,12,15,19H,6-7,10-11,13H2,1-2H3/q+1/b16-12-/t15-,17+/m1/s1. The van der Waals surface area contributed by atoms with Gasteiger partial charge in [0.2, 0.25) is 0 Å². The fourth-order valence-electron chi connectivity index (χ4n) is 3.99. The van der Waals surface area contributed by atoms with E-state index in [-0.39, 0.29) is 0 Å². The van der Waals surface area contributed by atoms with E-state index in [1.54, 1.807) is 0 Å². The van der Waals surface area contributed by atoms with Crippen LogP contribution in [-0.4, -0.2) is 35.8 Å². The van der Waals surface area contributed by atoms with Crippen molar-refractivity contribution in [1.82, 2.24) is 0 Å². The Kier molecular flexibility index (Phi) is 3.03. The molecule has 1 aromatic carbocycles. The van der Waals surface area contributed by atoms with E-state index in [0.29, 0.717) is 5.92 Å². The SMILES string of the molecule is C[N+]1(C)C[C@H]2CCCC[C@@]2(O)/C1=C/c1ccccc1. The molecule has 3 rings (SSSR count). The molecule has 0 bridgehead atoms. The molecule has 0 amide bonds. The van der Waals surface area contributed by atoms with Gasteiger partial charge in [0, 0.05) is 12.0 Å². The summed E-state index contributed by atoms with van der Waals surface area (Å²) in [5, 5.41) is 11.2. The van der Waals surface area contributed by atoms with Crippen molar-refractivity contribution in [2.24, 2.45) is 5.92 Å². The van der Waals surface area contributed by atoms with Crippen LogP contribution in [-0.2, 0) is 0 Å². The third-order valence-corrected chi connectivity index (χ3v) is 4.91. The van der Waals surface area contributed by atoms with Crippen LogP contribution in [0.4, 0.5) is 0 Å². The summed E-state index contributed by atoms with van der Waals surface area (Å²) < 4.78 is 0.829. The summed E-state index contributed by atoms with van der Waals surface area (Å²) in [6.07, 6.45) is 6.73. The maximum Gasteiger partial charge on any atom is 0.146 e. The molecule has 2 heteroatoms. The summed E-state index contributed by atoms with van der Waals surface area (Å²) >= 11 is 0. The number of nitrogens with zero attached hydrogens (tertiary/aromatic N) is 1. The van der Waals surface area contributed by atoms with Crippen LogP contribution in [0.3, 0.4) is 0 Å². The van der Waals surface area contributed by atoms with E-state index >= 15 is 0 Å². The lowest BCUT2D eigenvalue weighted by Crippen LogP contribution is -2.41. The van der Waals surface area contributed by atoms with Crippen molar-refractivity contribution < 1.29 is 9.59 Å². The van der Waals surface area contributed by atoms with Crippen LogP contribution in [0.15, 0.2) is 36.0 Å². The second-order valence-corrected chi connectivity index (χ2v) is 6.67. The van der Waals surface area contributed by atoms with Gasteiger partial charge < -0.3 is 5.11 Å². The smallest absolute Gasteiger partial charge is 0.146 e. The lowest BCUT2D eigenvalue weighted by molar-refractivity contribution is -0.845. The minimum absolute atomic E-state index is 0.436. The number of quaternary nitrogens is 1. The molecule has 0 unspecified atom stereocenters. The van der Waals surface area contributed by atoms with Gasteiger partial charge in [-0.05, 0) is 24.8 Å². The molecule has 0 aromatic heterocycles. The average molecular weight is 258 g/mol. The van der Waals surface area contributed by atoms with E-state index in [9.17, 15) is 5.11 Å². The Morgan fingerprint density at radius 2 is 1.95 bits per heavy atom. The van der Waals surface area contributed by atoms with Crippen molar-refractivity contribution in [2.45, 2.75) is 31.3 Å². The van der Waals surface area contributed by atoms with E-state index in [4.69, 9.17) is 0 Å². The first-order valence-corrected chi connectivity index (χ1v) is 7.35. The number of likely N-dealkylation sites (tertiary alicyclic amines) is 1. The van der Waals surface area contributed by atoms with Crippen molar-refractivity contribution >= 4 is 6.08 Å². The summed E-state index contributed by atoms with van der Waals surface area (Å²) in [5.41, 5.74) is 1.82. The molecule has 2 aliphatic rings. The number of fused-ring (bicyclic) bond motifs is 1. The van der Waals surface area contributed by atoms with Crippen molar-refractivity contribution in [3.8, 4) is 0 Å². The fraction of sp³-hybridized carbons (Fsp3) is 0.529. The van der Waals surface area contributed by atoms with Gasteiger partial charge in [-0.25, -0.2) is 0 Å².